The van der Waals surface area contributed by atoms with Gasteiger partial charge < -0.3 is 14.3 Å². The van der Waals surface area contributed by atoms with Crippen molar-refractivity contribution < 1.29 is 19.1 Å². The van der Waals surface area contributed by atoms with Crippen molar-refractivity contribution in [3.63, 3.8) is 0 Å². The number of carboxylic acids is 1. The Kier molecular flexibility index (Phi) is 3.13. The van der Waals surface area contributed by atoms with Gasteiger partial charge in [0.05, 0.1) is 5.60 Å². The first-order valence-corrected chi connectivity index (χ1v) is 5.76. The lowest BCUT2D eigenvalue weighted by atomic mass is 10.1. The summed E-state index contributed by atoms with van der Waals surface area (Å²) < 4.78 is 11.1. The van der Waals surface area contributed by atoms with Gasteiger partial charge in [-0.1, -0.05) is 18.2 Å². The van der Waals surface area contributed by atoms with Crippen molar-refractivity contribution in [3.05, 3.63) is 35.6 Å². The SMILES string of the molecule is CC(C)(C)OCc1oc2ccccc2c1C(=O)O. The van der Waals surface area contributed by atoms with E-state index >= 15 is 0 Å². The van der Waals surface area contributed by atoms with Crippen LogP contribution in [0.4, 0.5) is 0 Å². The van der Waals surface area contributed by atoms with Crippen molar-refractivity contribution in [1.82, 2.24) is 0 Å². The van der Waals surface area contributed by atoms with Gasteiger partial charge in [0, 0.05) is 5.39 Å². The van der Waals surface area contributed by atoms with Crippen molar-refractivity contribution in [1.29, 1.82) is 0 Å². The largest absolute Gasteiger partial charge is 0.478 e. The van der Waals surface area contributed by atoms with Crippen LogP contribution in [-0.2, 0) is 11.3 Å². The Hall–Kier alpha value is -1.81. The number of para-hydroxylation sites is 1. The third-order valence-corrected chi connectivity index (χ3v) is 2.52. The molecule has 0 spiro atoms. The Balaban J connectivity index is 2.43. The molecule has 0 saturated carbocycles. The van der Waals surface area contributed by atoms with Crippen LogP contribution in [0.5, 0.6) is 0 Å². The van der Waals surface area contributed by atoms with Gasteiger partial charge in [-0.3, -0.25) is 0 Å². The van der Waals surface area contributed by atoms with Crippen LogP contribution < -0.4 is 0 Å². The number of hydrogen-bond donors (Lipinski definition) is 1. The summed E-state index contributed by atoms with van der Waals surface area (Å²) in [5.41, 5.74) is 0.423. The highest BCUT2D eigenvalue weighted by molar-refractivity contribution is 6.03. The van der Waals surface area contributed by atoms with Crippen LogP contribution in [0, 0.1) is 0 Å². The Bertz CT molecular complexity index is 575. The number of rotatable bonds is 3. The van der Waals surface area contributed by atoms with E-state index in [2.05, 4.69) is 0 Å². The zero-order valence-electron chi connectivity index (χ0n) is 10.7. The van der Waals surface area contributed by atoms with Crippen LogP contribution in [0.1, 0.15) is 36.9 Å². The lowest BCUT2D eigenvalue weighted by Crippen LogP contribution is -2.19. The Labute approximate surface area is 105 Å². The maximum absolute atomic E-state index is 11.3. The highest BCUT2D eigenvalue weighted by Crippen LogP contribution is 2.27. The smallest absolute Gasteiger partial charge is 0.340 e. The summed E-state index contributed by atoms with van der Waals surface area (Å²) in [6.07, 6.45) is 0. The van der Waals surface area contributed by atoms with E-state index < -0.39 is 5.97 Å². The zero-order valence-corrected chi connectivity index (χ0v) is 10.7. The molecule has 0 saturated heterocycles. The molecule has 0 fully saturated rings. The minimum absolute atomic E-state index is 0.153. The molecule has 0 radical (unpaired) electrons. The highest BCUT2D eigenvalue weighted by Gasteiger charge is 2.21. The third-order valence-electron chi connectivity index (χ3n) is 2.52. The van der Waals surface area contributed by atoms with E-state index in [0.29, 0.717) is 16.7 Å². The molecule has 1 aromatic carbocycles. The van der Waals surface area contributed by atoms with Crippen LogP contribution in [0.2, 0.25) is 0 Å². The molecular formula is C14H16O4. The predicted molar refractivity (Wildman–Crippen MR) is 67.7 cm³/mol. The lowest BCUT2D eigenvalue weighted by molar-refractivity contribution is -0.0224. The van der Waals surface area contributed by atoms with E-state index in [1.807, 2.05) is 26.8 Å². The fourth-order valence-electron chi connectivity index (χ4n) is 1.71. The van der Waals surface area contributed by atoms with Crippen LogP contribution in [0.15, 0.2) is 28.7 Å². The minimum atomic E-state index is -0.993. The monoisotopic (exact) mass is 248 g/mol. The molecule has 1 heterocycles. The number of aromatic carboxylic acids is 1. The minimum Gasteiger partial charge on any atom is -0.478 e. The second kappa shape index (κ2) is 4.46. The molecule has 2 aromatic rings. The zero-order chi connectivity index (χ0) is 13.3. The number of furan rings is 1. The van der Waals surface area contributed by atoms with Crippen LogP contribution in [0.25, 0.3) is 11.0 Å². The van der Waals surface area contributed by atoms with Crippen molar-refractivity contribution in [3.8, 4) is 0 Å². The fourth-order valence-corrected chi connectivity index (χ4v) is 1.71. The van der Waals surface area contributed by atoms with Gasteiger partial charge in [-0.15, -0.1) is 0 Å². The first kappa shape index (κ1) is 12.6. The maximum atomic E-state index is 11.3. The van der Waals surface area contributed by atoms with Gasteiger partial charge in [-0.2, -0.15) is 0 Å². The molecule has 1 aromatic heterocycles. The molecule has 0 atom stereocenters. The molecule has 2 rings (SSSR count). The van der Waals surface area contributed by atoms with Gasteiger partial charge in [0.2, 0.25) is 0 Å². The first-order valence-electron chi connectivity index (χ1n) is 5.76. The maximum Gasteiger partial charge on any atom is 0.340 e. The summed E-state index contributed by atoms with van der Waals surface area (Å²) in [5, 5.41) is 9.88. The molecule has 18 heavy (non-hydrogen) atoms. The van der Waals surface area contributed by atoms with Gasteiger partial charge in [0.15, 0.2) is 0 Å². The summed E-state index contributed by atoms with van der Waals surface area (Å²) >= 11 is 0. The molecular weight excluding hydrogens is 232 g/mol. The van der Waals surface area contributed by atoms with Gasteiger partial charge in [0.1, 0.15) is 23.5 Å². The highest BCUT2D eigenvalue weighted by atomic mass is 16.5. The Morgan fingerprint density at radius 3 is 2.61 bits per heavy atom. The number of carbonyl (C=O) groups is 1. The number of fused-ring (bicyclic) bond motifs is 1. The van der Waals surface area contributed by atoms with Gasteiger partial charge in [-0.05, 0) is 26.8 Å². The van der Waals surface area contributed by atoms with E-state index in [1.165, 1.54) is 0 Å². The molecule has 0 aliphatic carbocycles. The van der Waals surface area contributed by atoms with Crippen LogP contribution in [0.3, 0.4) is 0 Å². The number of ether oxygens (including phenoxy) is 1. The van der Waals surface area contributed by atoms with Crippen molar-refractivity contribution in [2.24, 2.45) is 0 Å². The van der Waals surface area contributed by atoms with E-state index in [1.54, 1.807) is 18.2 Å². The molecule has 0 unspecified atom stereocenters. The molecule has 0 bridgehead atoms. The number of benzene rings is 1. The number of carboxylic acid groups (broad SMARTS) is 1. The Morgan fingerprint density at radius 1 is 1.33 bits per heavy atom. The van der Waals surface area contributed by atoms with Crippen molar-refractivity contribution in [2.75, 3.05) is 0 Å². The summed E-state index contributed by atoms with van der Waals surface area (Å²) in [5.74, 6) is -0.633. The quantitative estimate of drug-likeness (QED) is 0.903. The standard InChI is InChI=1S/C14H16O4/c1-14(2,3)17-8-11-12(13(15)16)9-6-4-5-7-10(9)18-11/h4-7H,8H2,1-3H3,(H,15,16). The summed E-state index contributed by atoms with van der Waals surface area (Å²) in [4.78, 5) is 11.3. The van der Waals surface area contributed by atoms with Crippen LogP contribution >= 0.6 is 0 Å². The second-order valence-corrected chi connectivity index (χ2v) is 5.10. The average Bonchev–Trinajstić information content (AvgIpc) is 2.63. The third kappa shape index (κ3) is 2.54. The molecule has 4 heteroatoms. The van der Waals surface area contributed by atoms with Crippen molar-refractivity contribution >= 4 is 16.9 Å². The normalized spacial score (nSPS) is 11.9. The first-order chi connectivity index (χ1) is 8.38. The molecule has 96 valence electrons. The van der Waals surface area contributed by atoms with E-state index in [-0.39, 0.29) is 17.8 Å². The Morgan fingerprint density at radius 2 is 2.00 bits per heavy atom. The van der Waals surface area contributed by atoms with Gasteiger partial charge in [-0.25, -0.2) is 4.79 Å². The molecule has 0 aliphatic rings. The second-order valence-electron chi connectivity index (χ2n) is 5.10. The van der Waals surface area contributed by atoms with Gasteiger partial charge in [0.25, 0.3) is 0 Å². The van der Waals surface area contributed by atoms with E-state index in [4.69, 9.17) is 9.15 Å². The van der Waals surface area contributed by atoms with Crippen LogP contribution in [-0.4, -0.2) is 16.7 Å². The van der Waals surface area contributed by atoms with E-state index in [9.17, 15) is 9.90 Å². The number of hydrogen-bond acceptors (Lipinski definition) is 3. The molecule has 0 amide bonds. The fraction of sp³-hybridized carbons (Fsp3) is 0.357. The molecule has 1 N–H and O–H groups in total. The summed E-state index contributed by atoms with van der Waals surface area (Å²) in [7, 11) is 0. The molecule has 0 aliphatic heterocycles. The lowest BCUT2D eigenvalue weighted by Gasteiger charge is -2.18. The van der Waals surface area contributed by atoms with E-state index in [0.717, 1.165) is 0 Å². The average molecular weight is 248 g/mol. The van der Waals surface area contributed by atoms with Gasteiger partial charge >= 0.3 is 5.97 Å². The van der Waals surface area contributed by atoms with Crippen molar-refractivity contribution in [2.45, 2.75) is 33.0 Å². The summed E-state index contributed by atoms with van der Waals surface area (Å²) in [6, 6.07) is 7.09. The predicted octanol–water partition coefficient (Wildman–Crippen LogP) is 3.45. The molecule has 4 nitrogen and oxygen atoms in total. The topological polar surface area (TPSA) is 59.7 Å². The summed E-state index contributed by atoms with van der Waals surface area (Å²) in [6.45, 7) is 5.89.